The number of hydrogen-bond acceptors (Lipinski definition) is 4. The molecule has 0 fully saturated rings. The van der Waals surface area contributed by atoms with Gasteiger partial charge in [0.1, 0.15) is 0 Å². The van der Waals surface area contributed by atoms with Crippen LogP contribution in [0, 0.1) is 0 Å². The molecule has 0 amide bonds. The highest BCUT2D eigenvalue weighted by Gasteiger charge is 2.05. The summed E-state index contributed by atoms with van der Waals surface area (Å²) in [5.74, 6) is 0.603. The summed E-state index contributed by atoms with van der Waals surface area (Å²) < 4.78 is 4.62. The number of methoxy groups -OCH3 is 1. The van der Waals surface area contributed by atoms with Crippen LogP contribution >= 0.6 is 11.8 Å². The normalized spacial score (nSPS) is 12.2. The van der Waals surface area contributed by atoms with E-state index in [1.54, 1.807) is 11.8 Å². The standard InChI is InChI=1S/C14H21NO2S/c1-4-15-11(2)12-6-5-7-13(10-12)18-9-8-14(16)17-3/h5-7,10-11,15H,4,8-9H2,1-3H3. The summed E-state index contributed by atoms with van der Waals surface area (Å²) in [5.41, 5.74) is 1.28. The molecule has 1 atom stereocenters. The maximum atomic E-state index is 11.0. The lowest BCUT2D eigenvalue weighted by Gasteiger charge is -2.13. The topological polar surface area (TPSA) is 38.3 Å². The molecule has 3 nitrogen and oxygen atoms in total. The van der Waals surface area contributed by atoms with E-state index in [2.05, 4.69) is 48.2 Å². The summed E-state index contributed by atoms with van der Waals surface area (Å²) in [5, 5.41) is 3.39. The maximum Gasteiger partial charge on any atom is 0.306 e. The Morgan fingerprint density at radius 3 is 2.94 bits per heavy atom. The molecule has 0 aliphatic carbocycles. The molecule has 4 heteroatoms. The molecular formula is C14H21NO2S. The van der Waals surface area contributed by atoms with E-state index < -0.39 is 0 Å². The average molecular weight is 267 g/mol. The van der Waals surface area contributed by atoms with Crippen molar-refractivity contribution in [2.24, 2.45) is 0 Å². The second-order valence-corrected chi connectivity index (χ2v) is 5.19. The minimum absolute atomic E-state index is 0.153. The number of benzene rings is 1. The molecule has 0 spiro atoms. The van der Waals surface area contributed by atoms with E-state index in [0.717, 1.165) is 12.3 Å². The summed E-state index contributed by atoms with van der Waals surface area (Å²) in [6.45, 7) is 5.22. The van der Waals surface area contributed by atoms with Crippen molar-refractivity contribution < 1.29 is 9.53 Å². The SMILES string of the molecule is CCNC(C)c1cccc(SCCC(=O)OC)c1. The average Bonchev–Trinajstić information content (AvgIpc) is 2.39. The molecule has 100 valence electrons. The van der Waals surface area contributed by atoms with Gasteiger partial charge in [0.15, 0.2) is 0 Å². The van der Waals surface area contributed by atoms with Crippen molar-refractivity contribution in [3.05, 3.63) is 29.8 Å². The van der Waals surface area contributed by atoms with Crippen LogP contribution in [0.25, 0.3) is 0 Å². The monoisotopic (exact) mass is 267 g/mol. The number of esters is 1. The third kappa shape index (κ3) is 5.10. The first-order valence-electron chi connectivity index (χ1n) is 6.20. The third-order valence-electron chi connectivity index (χ3n) is 2.67. The van der Waals surface area contributed by atoms with Gasteiger partial charge in [-0.3, -0.25) is 4.79 Å². The van der Waals surface area contributed by atoms with Crippen molar-refractivity contribution in [2.75, 3.05) is 19.4 Å². The summed E-state index contributed by atoms with van der Waals surface area (Å²) in [7, 11) is 1.42. The molecule has 0 heterocycles. The number of ether oxygens (including phenoxy) is 1. The van der Waals surface area contributed by atoms with Crippen molar-refractivity contribution in [1.82, 2.24) is 5.32 Å². The van der Waals surface area contributed by atoms with Crippen LogP contribution in [0.1, 0.15) is 31.9 Å². The van der Waals surface area contributed by atoms with Crippen molar-refractivity contribution in [3.8, 4) is 0 Å². The van der Waals surface area contributed by atoms with Crippen molar-refractivity contribution in [1.29, 1.82) is 0 Å². The fourth-order valence-electron chi connectivity index (χ4n) is 1.65. The molecule has 0 saturated heterocycles. The van der Waals surface area contributed by atoms with E-state index >= 15 is 0 Å². The van der Waals surface area contributed by atoms with Gasteiger partial charge >= 0.3 is 5.97 Å². The van der Waals surface area contributed by atoms with Gasteiger partial charge < -0.3 is 10.1 Å². The van der Waals surface area contributed by atoms with E-state index in [0.29, 0.717) is 12.5 Å². The van der Waals surface area contributed by atoms with Crippen LogP contribution < -0.4 is 5.32 Å². The van der Waals surface area contributed by atoms with Gasteiger partial charge in [-0.05, 0) is 31.2 Å². The highest BCUT2D eigenvalue weighted by molar-refractivity contribution is 7.99. The summed E-state index contributed by atoms with van der Waals surface area (Å²) >= 11 is 1.69. The van der Waals surface area contributed by atoms with E-state index in [-0.39, 0.29) is 5.97 Å². The van der Waals surface area contributed by atoms with Crippen LogP contribution in [0.15, 0.2) is 29.2 Å². The van der Waals surface area contributed by atoms with Gasteiger partial charge in [0.05, 0.1) is 13.5 Å². The molecule has 1 rings (SSSR count). The minimum Gasteiger partial charge on any atom is -0.469 e. The molecule has 18 heavy (non-hydrogen) atoms. The molecule has 1 aromatic carbocycles. The molecule has 0 aliphatic rings. The molecule has 1 N–H and O–H groups in total. The number of rotatable bonds is 7. The van der Waals surface area contributed by atoms with Crippen LogP contribution in [0.3, 0.4) is 0 Å². The highest BCUT2D eigenvalue weighted by atomic mass is 32.2. The van der Waals surface area contributed by atoms with Crippen LogP contribution in [0.5, 0.6) is 0 Å². The lowest BCUT2D eigenvalue weighted by molar-refractivity contribution is -0.140. The Morgan fingerprint density at radius 2 is 2.28 bits per heavy atom. The van der Waals surface area contributed by atoms with Crippen molar-refractivity contribution in [3.63, 3.8) is 0 Å². The Bertz CT molecular complexity index is 382. The molecule has 1 unspecified atom stereocenters. The highest BCUT2D eigenvalue weighted by Crippen LogP contribution is 2.23. The first-order valence-corrected chi connectivity index (χ1v) is 7.19. The first kappa shape index (κ1) is 15.1. The maximum absolute atomic E-state index is 11.0. The fourth-order valence-corrected chi connectivity index (χ4v) is 2.55. The Balaban J connectivity index is 2.51. The number of thioether (sulfide) groups is 1. The van der Waals surface area contributed by atoms with Gasteiger partial charge in [-0.15, -0.1) is 11.8 Å². The second-order valence-electron chi connectivity index (χ2n) is 4.03. The van der Waals surface area contributed by atoms with Crippen molar-refractivity contribution in [2.45, 2.75) is 31.2 Å². The second kappa shape index (κ2) is 8.16. The van der Waals surface area contributed by atoms with E-state index in [4.69, 9.17) is 0 Å². The molecule has 0 radical (unpaired) electrons. The third-order valence-corrected chi connectivity index (χ3v) is 3.67. The molecule has 0 aromatic heterocycles. The van der Waals surface area contributed by atoms with Crippen LogP contribution in [0.4, 0.5) is 0 Å². The lowest BCUT2D eigenvalue weighted by atomic mass is 10.1. The molecule has 0 aliphatic heterocycles. The Morgan fingerprint density at radius 1 is 1.50 bits per heavy atom. The predicted molar refractivity (Wildman–Crippen MR) is 75.9 cm³/mol. The van der Waals surface area contributed by atoms with E-state index in [1.165, 1.54) is 17.6 Å². The fraction of sp³-hybridized carbons (Fsp3) is 0.500. The Hall–Kier alpha value is -1.00. The Labute approximate surface area is 113 Å². The summed E-state index contributed by atoms with van der Waals surface area (Å²) in [6, 6.07) is 8.79. The zero-order valence-corrected chi connectivity index (χ0v) is 12.0. The molecule has 0 bridgehead atoms. The van der Waals surface area contributed by atoms with Crippen LogP contribution in [-0.2, 0) is 9.53 Å². The van der Waals surface area contributed by atoms with Gasteiger partial charge in [-0.2, -0.15) is 0 Å². The van der Waals surface area contributed by atoms with Gasteiger partial charge in [-0.25, -0.2) is 0 Å². The molecule has 1 aromatic rings. The minimum atomic E-state index is -0.153. The first-order chi connectivity index (χ1) is 8.67. The van der Waals surface area contributed by atoms with E-state index in [1.807, 2.05) is 0 Å². The van der Waals surface area contributed by atoms with Gasteiger partial charge in [-0.1, -0.05) is 19.1 Å². The van der Waals surface area contributed by atoms with Gasteiger partial charge in [0.25, 0.3) is 0 Å². The van der Waals surface area contributed by atoms with Crippen LogP contribution in [0.2, 0.25) is 0 Å². The Kier molecular flexibility index (Phi) is 6.83. The number of carbonyl (C=O) groups is 1. The number of nitrogens with one attached hydrogen (secondary N) is 1. The predicted octanol–water partition coefficient (Wildman–Crippen LogP) is 3.01. The zero-order chi connectivity index (χ0) is 13.4. The van der Waals surface area contributed by atoms with Crippen LogP contribution in [-0.4, -0.2) is 25.4 Å². The number of hydrogen-bond donors (Lipinski definition) is 1. The number of carbonyl (C=O) groups excluding carboxylic acids is 1. The quantitative estimate of drug-likeness (QED) is 0.609. The van der Waals surface area contributed by atoms with Gasteiger partial charge in [0, 0.05) is 16.7 Å². The smallest absolute Gasteiger partial charge is 0.306 e. The zero-order valence-electron chi connectivity index (χ0n) is 11.2. The summed E-state index contributed by atoms with van der Waals surface area (Å²) in [6.07, 6.45) is 0.453. The molecule has 0 saturated carbocycles. The van der Waals surface area contributed by atoms with Gasteiger partial charge in [0.2, 0.25) is 0 Å². The lowest BCUT2D eigenvalue weighted by Crippen LogP contribution is -2.17. The molecular weight excluding hydrogens is 246 g/mol. The summed E-state index contributed by atoms with van der Waals surface area (Å²) in [4.78, 5) is 12.2. The van der Waals surface area contributed by atoms with E-state index in [9.17, 15) is 4.79 Å². The largest absolute Gasteiger partial charge is 0.469 e. The van der Waals surface area contributed by atoms with Crippen molar-refractivity contribution >= 4 is 17.7 Å².